The fraction of sp³-hybridized carbons (Fsp3) is 0.462. The number of halogens is 5. The average Bonchev–Trinajstić information content (AvgIpc) is 2.88. The van der Waals surface area contributed by atoms with Crippen molar-refractivity contribution in [2.75, 3.05) is 24.6 Å². The number of aryl methyl sites for hydroxylation is 1. The van der Waals surface area contributed by atoms with Gasteiger partial charge in [0, 0.05) is 6.07 Å². The minimum Gasteiger partial charge on any atom is -0.482 e. The molecule has 0 unspecified atom stereocenters. The lowest BCUT2D eigenvalue weighted by atomic mass is 10.1. The predicted octanol–water partition coefficient (Wildman–Crippen LogP) is 2.84. The van der Waals surface area contributed by atoms with Gasteiger partial charge in [0.1, 0.15) is 11.4 Å². The summed E-state index contributed by atoms with van der Waals surface area (Å²) in [6, 6.07) is 1.16. The summed E-state index contributed by atoms with van der Waals surface area (Å²) in [5.74, 6) is -2.81. The molecular weight excluding hydrogens is 339 g/mol. The fourth-order valence-electron chi connectivity index (χ4n) is 2.14. The van der Waals surface area contributed by atoms with Crippen LogP contribution in [-0.2, 0) is 0 Å². The van der Waals surface area contributed by atoms with Crippen molar-refractivity contribution in [2.45, 2.75) is 19.0 Å². The largest absolute Gasteiger partial charge is 0.482 e. The van der Waals surface area contributed by atoms with Crippen molar-refractivity contribution in [1.29, 1.82) is 0 Å². The topological polar surface area (TPSA) is 64.3 Å². The van der Waals surface area contributed by atoms with E-state index < -0.39 is 31.8 Å². The normalized spacial score (nSPS) is 16.8. The van der Waals surface area contributed by atoms with Crippen LogP contribution in [0.15, 0.2) is 16.8 Å². The monoisotopic (exact) mass is 350 g/mol. The highest BCUT2D eigenvalue weighted by Gasteiger charge is 2.45. The molecule has 0 aromatic carbocycles. The summed E-state index contributed by atoms with van der Waals surface area (Å²) in [5, 5.41) is 3.56. The van der Waals surface area contributed by atoms with E-state index in [1.54, 1.807) is 6.92 Å². The molecule has 2 aromatic rings. The minimum absolute atomic E-state index is 0.00940. The summed E-state index contributed by atoms with van der Waals surface area (Å²) in [7, 11) is 0. The quantitative estimate of drug-likeness (QED) is 0.790. The van der Waals surface area contributed by atoms with Gasteiger partial charge in [0.2, 0.25) is 0 Å². The number of ether oxygens (including phenoxy) is 1. The van der Waals surface area contributed by atoms with E-state index in [2.05, 4.69) is 15.1 Å². The second-order valence-electron chi connectivity index (χ2n) is 5.30. The Morgan fingerprint density at radius 3 is 2.58 bits per heavy atom. The van der Waals surface area contributed by atoms with Gasteiger partial charge in [-0.2, -0.15) is 18.2 Å². The van der Waals surface area contributed by atoms with Crippen molar-refractivity contribution in [3.05, 3.63) is 18.1 Å². The third-order valence-electron chi connectivity index (χ3n) is 3.17. The van der Waals surface area contributed by atoms with Crippen molar-refractivity contribution in [1.82, 2.24) is 15.1 Å². The van der Waals surface area contributed by atoms with Crippen LogP contribution in [-0.4, -0.2) is 46.9 Å². The van der Waals surface area contributed by atoms with E-state index in [9.17, 15) is 22.0 Å². The number of rotatable bonds is 4. The Bertz CT molecular complexity index is 738. The SMILES string of the molecule is Cc1noc(-c2cc(OCC(F)(F)F)c(N3CC(F)(F)C3)cn2)n1. The van der Waals surface area contributed by atoms with Crippen LogP contribution >= 0.6 is 0 Å². The molecule has 1 fully saturated rings. The molecule has 0 spiro atoms. The van der Waals surface area contributed by atoms with Gasteiger partial charge in [-0.1, -0.05) is 5.16 Å². The number of aromatic nitrogens is 3. The lowest BCUT2D eigenvalue weighted by molar-refractivity contribution is -0.153. The van der Waals surface area contributed by atoms with Crippen LogP contribution in [0.4, 0.5) is 27.6 Å². The Hall–Kier alpha value is -2.46. The van der Waals surface area contributed by atoms with E-state index in [1.165, 1.54) is 4.90 Å². The van der Waals surface area contributed by atoms with Crippen molar-refractivity contribution in [2.24, 2.45) is 0 Å². The van der Waals surface area contributed by atoms with E-state index in [0.717, 1.165) is 12.3 Å². The number of hydrogen-bond acceptors (Lipinski definition) is 6. The van der Waals surface area contributed by atoms with Gasteiger partial charge < -0.3 is 14.2 Å². The molecular formula is C13H11F5N4O2. The standard InChI is InChI=1S/C13H11F5N4O2/c1-7-20-11(24-21-7)8-2-10(23-6-13(16,17)18)9(3-19-8)22-4-12(14,15)5-22/h2-3H,4-6H2,1H3. The molecule has 1 aliphatic rings. The molecule has 130 valence electrons. The minimum atomic E-state index is -4.57. The van der Waals surface area contributed by atoms with Gasteiger partial charge in [0.25, 0.3) is 11.8 Å². The van der Waals surface area contributed by atoms with Crippen LogP contribution in [0.25, 0.3) is 11.6 Å². The Kier molecular flexibility index (Phi) is 3.80. The van der Waals surface area contributed by atoms with Crippen LogP contribution in [0.1, 0.15) is 5.82 Å². The zero-order valence-electron chi connectivity index (χ0n) is 12.3. The van der Waals surface area contributed by atoms with Gasteiger partial charge >= 0.3 is 6.18 Å². The summed E-state index contributed by atoms with van der Waals surface area (Å²) >= 11 is 0. The molecule has 0 aliphatic carbocycles. The highest BCUT2D eigenvalue weighted by molar-refractivity contribution is 5.64. The Balaban J connectivity index is 1.90. The van der Waals surface area contributed by atoms with Gasteiger partial charge in [-0.3, -0.25) is 0 Å². The van der Waals surface area contributed by atoms with E-state index in [0.29, 0.717) is 5.82 Å². The molecule has 2 aromatic heterocycles. The summed E-state index contributed by atoms with van der Waals surface area (Å²) in [6.45, 7) is -1.23. The number of anilines is 1. The van der Waals surface area contributed by atoms with Gasteiger partial charge in [0.05, 0.1) is 25.0 Å². The van der Waals surface area contributed by atoms with Gasteiger partial charge in [-0.25, -0.2) is 13.8 Å². The molecule has 0 N–H and O–H groups in total. The van der Waals surface area contributed by atoms with Crippen LogP contribution < -0.4 is 9.64 Å². The maximum absolute atomic E-state index is 13.0. The molecule has 6 nitrogen and oxygen atoms in total. The second kappa shape index (κ2) is 5.56. The number of hydrogen-bond donors (Lipinski definition) is 0. The van der Waals surface area contributed by atoms with Crippen LogP contribution in [0.5, 0.6) is 5.75 Å². The second-order valence-corrected chi connectivity index (χ2v) is 5.30. The fourth-order valence-corrected chi connectivity index (χ4v) is 2.14. The Morgan fingerprint density at radius 2 is 2.04 bits per heavy atom. The summed E-state index contributed by atoms with van der Waals surface area (Å²) in [5.41, 5.74) is 0.133. The first-order chi connectivity index (χ1) is 11.1. The van der Waals surface area contributed by atoms with Crippen molar-refractivity contribution in [3.8, 4) is 17.3 Å². The van der Waals surface area contributed by atoms with E-state index >= 15 is 0 Å². The van der Waals surface area contributed by atoms with Gasteiger partial charge in [0.15, 0.2) is 12.4 Å². The van der Waals surface area contributed by atoms with E-state index in [-0.39, 0.29) is 23.0 Å². The molecule has 24 heavy (non-hydrogen) atoms. The molecule has 3 heterocycles. The zero-order valence-corrected chi connectivity index (χ0v) is 12.3. The highest BCUT2D eigenvalue weighted by atomic mass is 19.4. The first-order valence-electron chi connectivity index (χ1n) is 6.76. The first kappa shape index (κ1) is 16.4. The zero-order chi connectivity index (χ0) is 17.5. The number of pyridine rings is 1. The summed E-state index contributed by atoms with van der Waals surface area (Å²) in [6.07, 6.45) is -3.42. The summed E-state index contributed by atoms with van der Waals surface area (Å²) < 4.78 is 72.9. The third kappa shape index (κ3) is 3.54. The molecule has 0 bridgehead atoms. The maximum atomic E-state index is 13.0. The van der Waals surface area contributed by atoms with E-state index in [1.807, 2.05) is 0 Å². The third-order valence-corrected chi connectivity index (χ3v) is 3.17. The molecule has 11 heteroatoms. The lowest BCUT2D eigenvalue weighted by Gasteiger charge is -2.40. The Morgan fingerprint density at radius 1 is 1.33 bits per heavy atom. The smallest absolute Gasteiger partial charge is 0.422 e. The average molecular weight is 350 g/mol. The molecule has 0 radical (unpaired) electrons. The number of alkyl halides is 5. The first-order valence-corrected chi connectivity index (χ1v) is 6.76. The van der Waals surface area contributed by atoms with Gasteiger partial charge in [-0.15, -0.1) is 0 Å². The highest BCUT2D eigenvalue weighted by Crippen LogP contribution is 2.38. The predicted molar refractivity (Wildman–Crippen MR) is 71.0 cm³/mol. The molecule has 1 aliphatic heterocycles. The molecule has 1 saturated heterocycles. The van der Waals surface area contributed by atoms with Crippen molar-refractivity contribution >= 4 is 5.69 Å². The summed E-state index contributed by atoms with van der Waals surface area (Å²) in [4.78, 5) is 9.07. The lowest BCUT2D eigenvalue weighted by Crippen LogP contribution is -2.56. The maximum Gasteiger partial charge on any atom is 0.422 e. The van der Waals surface area contributed by atoms with Crippen LogP contribution in [0.3, 0.4) is 0 Å². The van der Waals surface area contributed by atoms with Crippen molar-refractivity contribution < 1.29 is 31.2 Å². The van der Waals surface area contributed by atoms with Crippen LogP contribution in [0, 0.1) is 6.92 Å². The Labute approximate surface area is 132 Å². The molecule has 0 amide bonds. The molecule has 0 atom stereocenters. The van der Waals surface area contributed by atoms with Crippen molar-refractivity contribution in [3.63, 3.8) is 0 Å². The van der Waals surface area contributed by atoms with Gasteiger partial charge in [-0.05, 0) is 6.92 Å². The van der Waals surface area contributed by atoms with E-state index in [4.69, 9.17) is 9.26 Å². The van der Waals surface area contributed by atoms with Crippen LogP contribution in [0.2, 0.25) is 0 Å². The molecule has 3 rings (SSSR count). The number of nitrogens with zero attached hydrogens (tertiary/aromatic N) is 4. The molecule has 0 saturated carbocycles.